The quantitative estimate of drug-likeness (QED) is 0.651. The monoisotopic (exact) mass is 262 g/mol. The van der Waals surface area contributed by atoms with Gasteiger partial charge in [0.1, 0.15) is 11.5 Å². The molecule has 0 fully saturated rings. The molecule has 2 heteroatoms. The van der Waals surface area contributed by atoms with Crippen molar-refractivity contribution in [2.75, 3.05) is 0 Å². The van der Waals surface area contributed by atoms with Crippen LogP contribution in [0, 0.1) is 6.92 Å². The average molecular weight is 262 g/mol. The van der Waals surface area contributed by atoms with Gasteiger partial charge in [0.25, 0.3) is 0 Å². The Morgan fingerprint density at radius 2 is 1.50 bits per heavy atom. The molecule has 20 heavy (non-hydrogen) atoms. The molecule has 3 rings (SSSR count). The Morgan fingerprint density at radius 1 is 0.900 bits per heavy atom. The summed E-state index contributed by atoms with van der Waals surface area (Å²) < 4.78 is 5.72. The fourth-order valence-electron chi connectivity index (χ4n) is 2.20. The van der Waals surface area contributed by atoms with Crippen molar-refractivity contribution >= 4 is 5.78 Å². The van der Waals surface area contributed by atoms with Crippen molar-refractivity contribution in [3.8, 4) is 11.3 Å². The molecule has 0 radical (unpaired) electrons. The molecule has 0 spiro atoms. The van der Waals surface area contributed by atoms with Crippen LogP contribution in [0.2, 0.25) is 0 Å². The first-order valence-corrected chi connectivity index (χ1v) is 6.51. The molecule has 0 saturated carbocycles. The average Bonchev–Trinajstić information content (AvgIpc) is 2.90. The van der Waals surface area contributed by atoms with Gasteiger partial charge in [0, 0.05) is 11.1 Å². The Kier molecular flexibility index (Phi) is 3.21. The van der Waals surface area contributed by atoms with Gasteiger partial charge in [0.05, 0.1) is 5.56 Å². The summed E-state index contributed by atoms with van der Waals surface area (Å²) in [5.74, 6) is 1.37. The Morgan fingerprint density at radius 3 is 2.15 bits per heavy atom. The van der Waals surface area contributed by atoms with E-state index in [4.69, 9.17) is 4.42 Å². The number of rotatable bonds is 3. The van der Waals surface area contributed by atoms with E-state index < -0.39 is 0 Å². The van der Waals surface area contributed by atoms with Crippen molar-refractivity contribution in [1.82, 2.24) is 0 Å². The van der Waals surface area contributed by atoms with Crippen molar-refractivity contribution in [2.45, 2.75) is 6.92 Å². The summed E-state index contributed by atoms with van der Waals surface area (Å²) in [7, 11) is 0. The van der Waals surface area contributed by atoms with Crippen molar-refractivity contribution in [1.29, 1.82) is 0 Å². The molecule has 0 bridgehead atoms. The van der Waals surface area contributed by atoms with Crippen molar-refractivity contribution in [3.63, 3.8) is 0 Å². The van der Waals surface area contributed by atoms with Crippen LogP contribution < -0.4 is 0 Å². The van der Waals surface area contributed by atoms with Gasteiger partial charge in [-0.25, -0.2) is 0 Å². The van der Waals surface area contributed by atoms with E-state index in [0.29, 0.717) is 16.9 Å². The highest BCUT2D eigenvalue weighted by Crippen LogP contribution is 2.26. The Labute approximate surface area is 117 Å². The Bertz CT molecular complexity index is 725. The molecule has 1 aromatic heterocycles. The molecule has 0 saturated heterocycles. The first-order chi connectivity index (χ1) is 9.75. The Hall–Kier alpha value is -2.61. The van der Waals surface area contributed by atoms with Crippen LogP contribution in [0.15, 0.2) is 71.1 Å². The second kappa shape index (κ2) is 5.17. The SMILES string of the molecule is Cc1oc(-c2ccccc2)cc1C(=O)c1ccccc1. The van der Waals surface area contributed by atoms with Crippen LogP contribution in [0.25, 0.3) is 11.3 Å². The van der Waals surface area contributed by atoms with Gasteiger partial charge in [-0.3, -0.25) is 4.79 Å². The van der Waals surface area contributed by atoms with Crippen molar-refractivity contribution in [3.05, 3.63) is 83.6 Å². The zero-order chi connectivity index (χ0) is 13.9. The summed E-state index contributed by atoms with van der Waals surface area (Å²) in [4.78, 5) is 12.5. The van der Waals surface area contributed by atoms with Gasteiger partial charge in [0.15, 0.2) is 5.78 Å². The van der Waals surface area contributed by atoms with Gasteiger partial charge in [-0.1, -0.05) is 60.7 Å². The smallest absolute Gasteiger partial charge is 0.196 e. The second-order valence-corrected chi connectivity index (χ2v) is 4.64. The standard InChI is InChI=1S/C18H14O2/c1-13-16(18(19)15-10-6-3-7-11-15)12-17(20-13)14-8-4-2-5-9-14/h2-12H,1H3. The van der Waals surface area contributed by atoms with E-state index in [-0.39, 0.29) is 5.78 Å². The third-order valence-electron chi connectivity index (χ3n) is 3.26. The minimum absolute atomic E-state index is 0.00553. The molecule has 0 aliphatic heterocycles. The molecular weight excluding hydrogens is 248 g/mol. The first-order valence-electron chi connectivity index (χ1n) is 6.51. The number of benzene rings is 2. The number of ketones is 1. The fraction of sp³-hybridized carbons (Fsp3) is 0.0556. The lowest BCUT2D eigenvalue weighted by Gasteiger charge is -1.97. The van der Waals surface area contributed by atoms with Crippen LogP contribution in [-0.2, 0) is 0 Å². The highest BCUT2D eigenvalue weighted by molar-refractivity contribution is 6.10. The number of hydrogen-bond acceptors (Lipinski definition) is 2. The lowest BCUT2D eigenvalue weighted by molar-refractivity contribution is 0.103. The molecule has 2 aromatic carbocycles. The molecule has 0 atom stereocenters. The van der Waals surface area contributed by atoms with Gasteiger partial charge in [0.2, 0.25) is 0 Å². The maximum absolute atomic E-state index is 12.5. The van der Waals surface area contributed by atoms with Crippen LogP contribution in [-0.4, -0.2) is 5.78 Å². The lowest BCUT2D eigenvalue weighted by Crippen LogP contribution is -2.00. The summed E-state index contributed by atoms with van der Waals surface area (Å²) in [6.07, 6.45) is 0. The van der Waals surface area contributed by atoms with Crippen molar-refractivity contribution < 1.29 is 9.21 Å². The van der Waals surface area contributed by atoms with E-state index in [1.165, 1.54) is 0 Å². The summed E-state index contributed by atoms with van der Waals surface area (Å²) in [5, 5.41) is 0. The molecule has 3 aromatic rings. The van der Waals surface area contributed by atoms with Crippen LogP contribution in [0.1, 0.15) is 21.7 Å². The predicted molar refractivity (Wildman–Crippen MR) is 78.8 cm³/mol. The zero-order valence-corrected chi connectivity index (χ0v) is 11.2. The molecule has 0 aliphatic rings. The van der Waals surface area contributed by atoms with E-state index in [1.807, 2.05) is 73.7 Å². The summed E-state index contributed by atoms with van der Waals surface area (Å²) in [5.41, 5.74) is 2.27. The minimum Gasteiger partial charge on any atom is -0.461 e. The van der Waals surface area contributed by atoms with Crippen LogP contribution in [0.4, 0.5) is 0 Å². The van der Waals surface area contributed by atoms with Crippen LogP contribution in [0.3, 0.4) is 0 Å². The predicted octanol–water partition coefficient (Wildman–Crippen LogP) is 4.49. The number of aryl methyl sites for hydroxylation is 1. The zero-order valence-electron chi connectivity index (χ0n) is 11.2. The fourth-order valence-corrected chi connectivity index (χ4v) is 2.20. The molecule has 0 aliphatic carbocycles. The summed E-state index contributed by atoms with van der Waals surface area (Å²) >= 11 is 0. The third-order valence-corrected chi connectivity index (χ3v) is 3.26. The highest BCUT2D eigenvalue weighted by atomic mass is 16.3. The van der Waals surface area contributed by atoms with E-state index in [9.17, 15) is 4.79 Å². The normalized spacial score (nSPS) is 10.4. The van der Waals surface area contributed by atoms with Crippen LogP contribution in [0.5, 0.6) is 0 Å². The number of hydrogen-bond donors (Lipinski definition) is 0. The molecule has 1 heterocycles. The molecule has 0 N–H and O–H groups in total. The van der Waals surface area contributed by atoms with Gasteiger partial charge in [-0.05, 0) is 13.0 Å². The topological polar surface area (TPSA) is 30.2 Å². The molecule has 0 amide bonds. The van der Waals surface area contributed by atoms with Gasteiger partial charge in [-0.2, -0.15) is 0 Å². The highest BCUT2D eigenvalue weighted by Gasteiger charge is 2.17. The second-order valence-electron chi connectivity index (χ2n) is 4.64. The largest absolute Gasteiger partial charge is 0.461 e. The minimum atomic E-state index is -0.00553. The molecular formula is C18H14O2. The lowest BCUT2D eigenvalue weighted by atomic mass is 10.0. The molecule has 2 nitrogen and oxygen atoms in total. The first kappa shape index (κ1) is 12.4. The summed E-state index contributed by atoms with van der Waals surface area (Å²) in [6.45, 7) is 1.82. The number of carbonyl (C=O) groups is 1. The van der Waals surface area contributed by atoms with E-state index in [0.717, 1.165) is 11.3 Å². The third kappa shape index (κ3) is 2.28. The van der Waals surface area contributed by atoms with Crippen molar-refractivity contribution in [2.24, 2.45) is 0 Å². The molecule has 0 unspecified atom stereocenters. The van der Waals surface area contributed by atoms with E-state index >= 15 is 0 Å². The van der Waals surface area contributed by atoms with Gasteiger partial charge < -0.3 is 4.42 Å². The molecule has 98 valence electrons. The van der Waals surface area contributed by atoms with E-state index in [2.05, 4.69) is 0 Å². The summed E-state index contributed by atoms with van der Waals surface area (Å²) in [6, 6.07) is 20.9. The maximum atomic E-state index is 12.5. The number of furan rings is 1. The number of carbonyl (C=O) groups excluding carboxylic acids is 1. The maximum Gasteiger partial charge on any atom is 0.196 e. The van der Waals surface area contributed by atoms with E-state index in [1.54, 1.807) is 0 Å². The van der Waals surface area contributed by atoms with Crippen LogP contribution >= 0.6 is 0 Å². The Balaban J connectivity index is 2.00. The van der Waals surface area contributed by atoms with Gasteiger partial charge >= 0.3 is 0 Å². The van der Waals surface area contributed by atoms with Gasteiger partial charge in [-0.15, -0.1) is 0 Å².